The van der Waals surface area contributed by atoms with Gasteiger partial charge in [-0.15, -0.1) is 0 Å². The molecule has 0 unspecified atom stereocenters. The van der Waals surface area contributed by atoms with E-state index in [-0.39, 0.29) is 6.03 Å². The number of aryl methyl sites for hydroxylation is 3. The van der Waals surface area contributed by atoms with Gasteiger partial charge in [-0.05, 0) is 49.9 Å². The number of rotatable bonds is 4. The molecule has 2 amide bonds. The van der Waals surface area contributed by atoms with E-state index in [1.165, 1.54) is 11.1 Å². The monoisotopic (exact) mass is 324 g/mol. The van der Waals surface area contributed by atoms with Gasteiger partial charge in [0.15, 0.2) is 0 Å². The first-order chi connectivity index (χ1) is 11.6. The van der Waals surface area contributed by atoms with Crippen LogP contribution in [0.25, 0.3) is 0 Å². The molecule has 0 radical (unpaired) electrons. The lowest BCUT2D eigenvalue weighted by Crippen LogP contribution is -2.44. The van der Waals surface area contributed by atoms with Crippen LogP contribution in [0.2, 0.25) is 0 Å². The third-order valence-electron chi connectivity index (χ3n) is 4.32. The maximum absolute atomic E-state index is 12.4. The second kappa shape index (κ2) is 7.39. The number of ether oxygens (including phenoxy) is 1. The van der Waals surface area contributed by atoms with Crippen LogP contribution in [0.4, 0.5) is 10.5 Å². The van der Waals surface area contributed by atoms with Gasteiger partial charge in [-0.3, -0.25) is 4.90 Å². The number of para-hydroxylation sites is 1. The minimum absolute atomic E-state index is 0.0496. The van der Waals surface area contributed by atoms with Crippen molar-refractivity contribution in [2.75, 3.05) is 24.6 Å². The number of nitrogens with one attached hydrogen (secondary N) is 1. The molecular formula is C20H24N2O2. The zero-order valence-electron chi connectivity index (χ0n) is 14.3. The van der Waals surface area contributed by atoms with Crippen molar-refractivity contribution in [1.82, 2.24) is 5.32 Å². The van der Waals surface area contributed by atoms with Gasteiger partial charge in [-0.1, -0.05) is 35.9 Å². The molecule has 0 atom stereocenters. The summed E-state index contributed by atoms with van der Waals surface area (Å²) in [6, 6.07) is 14.2. The maximum Gasteiger partial charge on any atom is 0.321 e. The molecule has 0 saturated heterocycles. The van der Waals surface area contributed by atoms with E-state index >= 15 is 0 Å². The summed E-state index contributed by atoms with van der Waals surface area (Å²) in [6.07, 6.45) is 2.04. The van der Waals surface area contributed by atoms with Gasteiger partial charge in [0.2, 0.25) is 0 Å². The predicted molar refractivity (Wildman–Crippen MR) is 96.9 cm³/mol. The fourth-order valence-electron chi connectivity index (χ4n) is 3.12. The van der Waals surface area contributed by atoms with Crippen LogP contribution in [0.5, 0.6) is 5.75 Å². The highest BCUT2D eigenvalue weighted by Crippen LogP contribution is 2.26. The molecule has 1 heterocycles. The van der Waals surface area contributed by atoms with Crippen LogP contribution in [0, 0.1) is 13.8 Å². The summed E-state index contributed by atoms with van der Waals surface area (Å²) in [7, 11) is 0. The number of benzene rings is 2. The number of urea groups is 1. The van der Waals surface area contributed by atoms with Crippen molar-refractivity contribution in [3.63, 3.8) is 0 Å². The summed E-state index contributed by atoms with van der Waals surface area (Å²) in [5.74, 6) is 0.873. The standard InChI is InChI=1S/C20H24N2O2/c1-15-9-10-19(16(2)14-15)24-13-11-21-20(23)22-12-5-7-17-6-3-4-8-18(17)22/h3-4,6,8-10,14H,5,7,11-13H2,1-2H3,(H,21,23). The Hall–Kier alpha value is -2.49. The van der Waals surface area contributed by atoms with Crippen molar-refractivity contribution in [2.45, 2.75) is 26.7 Å². The van der Waals surface area contributed by atoms with Gasteiger partial charge in [0.05, 0.1) is 6.54 Å². The van der Waals surface area contributed by atoms with Gasteiger partial charge in [0.1, 0.15) is 12.4 Å². The Morgan fingerprint density at radius 3 is 2.88 bits per heavy atom. The van der Waals surface area contributed by atoms with Crippen LogP contribution in [-0.4, -0.2) is 25.7 Å². The summed E-state index contributed by atoms with van der Waals surface area (Å²) in [6.45, 7) is 5.82. The summed E-state index contributed by atoms with van der Waals surface area (Å²) in [4.78, 5) is 14.3. The van der Waals surface area contributed by atoms with E-state index in [9.17, 15) is 4.79 Å². The molecule has 126 valence electrons. The molecule has 1 aliphatic heterocycles. The van der Waals surface area contributed by atoms with Crippen LogP contribution in [0.15, 0.2) is 42.5 Å². The fourth-order valence-corrected chi connectivity index (χ4v) is 3.12. The molecule has 3 rings (SSSR count). The van der Waals surface area contributed by atoms with Crippen molar-refractivity contribution in [1.29, 1.82) is 0 Å². The van der Waals surface area contributed by atoms with E-state index in [1.807, 2.05) is 42.2 Å². The molecular weight excluding hydrogens is 300 g/mol. The van der Waals surface area contributed by atoms with Crippen molar-refractivity contribution in [3.05, 3.63) is 59.2 Å². The molecule has 1 aliphatic rings. The third-order valence-corrected chi connectivity index (χ3v) is 4.32. The Balaban J connectivity index is 1.51. The Morgan fingerprint density at radius 2 is 2.04 bits per heavy atom. The number of carbonyl (C=O) groups is 1. The highest BCUT2D eigenvalue weighted by molar-refractivity contribution is 5.93. The molecule has 0 aliphatic carbocycles. The molecule has 1 N–H and O–H groups in total. The van der Waals surface area contributed by atoms with Gasteiger partial charge < -0.3 is 10.1 Å². The topological polar surface area (TPSA) is 41.6 Å². The lowest BCUT2D eigenvalue weighted by molar-refractivity contribution is 0.241. The van der Waals surface area contributed by atoms with Crippen molar-refractivity contribution in [2.24, 2.45) is 0 Å². The Kier molecular flexibility index (Phi) is 5.04. The number of hydrogen-bond acceptors (Lipinski definition) is 2. The van der Waals surface area contributed by atoms with E-state index in [0.717, 1.165) is 36.4 Å². The fraction of sp³-hybridized carbons (Fsp3) is 0.350. The normalized spacial score (nSPS) is 13.3. The SMILES string of the molecule is Cc1ccc(OCCNC(=O)N2CCCc3ccccc32)c(C)c1. The molecule has 24 heavy (non-hydrogen) atoms. The number of fused-ring (bicyclic) bond motifs is 1. The van der Waals surface area contributed by atoms with Crippen molar-refractivity contribution < 1.29 is 9.53 Å². The first-order valence-corrected chi connectivity index (χ1v) is 8.48. The first kappa shape index (κ1) is 16.4. The summed E-state index contributed by atoms with van der Waals surface area (Å²) >= 11 is 0. The minimum Gasteiger partial charge on any atom is -0.491 e. The van der Waals surface area contributed by atoms with Crippen LogP contribution in [0.3, 0.4) is 0 Å². The number of anilines is 1. The van der Waals surface area contributed by atoms with Crippen LogP contribution in [0.1, 0.15) is 23.1 Å². The maximum atomic E-state index is 12.4. The number of hydrogen-bond donors (Lipinski definition) is 1. The number of nitrogens with zero attached hydrogens (tertiary/aromatic N) is 1. The lowest BCUT2D eigenvalue weighted by Gasteiger charge is -2.29. The van der Waals surface area contributed by atoms with E-state index in [1.54, 1.807) is 0 Å². The van der Waals surface area contributed by atoms with Gasteiger partial charge in [-0.2, -0.15) is 0 Å². The number of amides is 2. The highest BCUT2D eigenvalue weighted by Gasteiger charge is 2.21. The van der Waals surface area contributed by atoms with Gasteiger partial charge in [0, 0.05) is 12.2 Å². The Bertz CT molecular complexity index is 727. The van der Waals surface area contributed by atoms with Crippen molar-refractivity contribution in [3.8, 4) is 5.75 Å². The van der Waals surface area contributed by atoms with Crippen LogP contribution < -0.4 is 15.0 Å². The summed E-state index contributed by atoms with van der Waals surface area (Å²) < 4.78 is 5.77. The van der Waals surface area contributed by atoms with Gasteiger partial charge >= 0.3 is 6.03 Å². The zero-order chi connectivity index (χ0) is 16.9. The van der Waals surface area contributed by atoms with E-state index in [4.69, 9.17) is 4.74 Å². The Labute approximate surface area is 143 Å². The quantitative estimate of drug-likeness (QED) is 0.868. The molecule has 0 fully saturated rings. The molecule has 0 bridgehead atoms. The second-order valence-corrected chi connectivity index (χ2v) is 6.23. The van der Waals surface area contributed by atoms with E-state index in [0.29, 0.717) is 13.2 Å². The Morgan fingerprint density at radius 1 is 1.21 bits per heavy atom. The molecule has 4 nitrogen and oxygen atoms in total. The van der Waals surface area contributed by atoms with Crippen LogP contribution in [-0.2, 0) is 6.42 Å². The lowest BCUT2D eigenvalue weighted by atomic mass is 10.0. The molecule has 0 spiro atoms. The zero-order valence-corrected chi connectivity index (χ0v) is 14.3. The third kappa shape index (κ3) is 3.70. The molecule has 4 heteroatoms. The van der Waals surface area contributed by atoms with Crippen LogP contribution >= 0.6 is 0 Å². The van der Waals surface area contributed by atoms with E-state index in [2.05, 4.69) is 24.4 Å². The average Bonchev–Trinajstić information content (AvgIpc) is 2.59. The smallest absolute Gasteiger partial charge is 0.321 e. The minimum atomic E-state index is -0.0496. The second-order valence-electron chi connectivity index (χ2n) is 6.23. The molecule has 0 saturated carbocycles. The summed E-state index contributed by atoms with van der Waals surface area (Å²) in [5.41, 5.74) is 4.60. The molecule has 2 aromatic rings. The van der Waals surface area contributed by atoms with Gasteiger partial charge in [0.25, 0.3) is 0 Å². The summed E-state index contributed by atoms with van der Waals surface area (Å²) in [5, 5.41) is 2.96. The predicted octanol–water partition coefficient (Wildman–Crippen LogP) is 3.84. The highest BCUT2D eigenvalue weighted by atomic mass is 16.5. The molecule has 2 aromatic carbocycles. The molecule has 0 aromatic heterocycles. The van der Waals surface area contributed by atoms with Crippen molar-refractivity contribution >= 4 is 11.7 Å². The van der Waals surface area contributed by atoms with Gasteiger partial charge in [-0.25, -0.2) is 4.79 Å². The van der Waals surface area contributed by atoms with E-state index < -0.39 is 0 Å². The first-order valence-electron chi connectivity index (χ1n) is 8.48. The number of carbonyl (C=O) groups excluding carboxylic acids is 1. The average molecular weight is 324 g/mol. The largest absolute Gasteiger partial charge is 0.491 e.